The summed E-state index contributed by atoms with van der Waals surface area (Å²) in [7, 11) is 0. The zero-order valence-corrected chi connectivity index (χ0v) is 17.7. The molecule has 1 amide bonds. The van der Waals surface area contributed by atoms with Gasteiger partial charge in [0, 0.05) is 5.56 Å². The SMILES string of the molecule is O=C(O)COC[C@H]1CC[C@H](COC(=O)Nc2ccccc2-c2ccc(Cl)c(F)c2)CC1. The van der Waals surface area contributed by atoms with Gasteiger partial charge in [-0.2, -0.15) is 0 Å². The number of hydrogen-bond donors (Lipinski definition) is 2. The maximum absolute atomic E-state index is 13.8. The Labute approximate surface area is 185 Å². The largest absolute Gasteiger partial charge is 0.480 e. The molecule has 31 heavy (non-hydrogen) atoms. The summed E-state index contributed by atoms with van der Waals surface area (Å²) >= 11 is 5.76. The van der Waals surface area contributed by atoms with Gasteiger partial charge in [-0.15, -0.1) is 0 Å². The van der Waals surface area contributed by atoms with Crippen LogP contribution >= 0.6 is 11.6 Å². The molecule has 2 aromatic carbocycles. The molecule has 0 atom stereocenters. The van der Waals surface area contributed by atoms with Gasteiger partial charge >= 0.3 is 12.1 Å². The fourth-order valence-corrected chi connectivity index (χ4v) is 3.84. The highest BCUT2D eigenvalue weighted by molar-refractivity contribution is 6.30. The van der Waals surface area contributed by atoms with E-state index in [4.69, 9.17) is 26.2 Å². The molecule has 0 unspecified atom stereocenters. The molecule has 1 aliphatic carbocycles. The highest BCUT2D eigenvalue weighted by Crippen LogP contribution is 2.31. The second kappa shape index (κ2) is 11.1. The van der Waals surface area contributed by atoms with Crippen molar-refractivity contribution in [1.82, 2.24) is 0 Å². The van der Waals surface area contributed by atoms with E-state index in [2.05, 4.69) is 5.32 Å². The summed E-state index contributed by atoms with van der Waals surface area (Å²) in [6.45, 7) is 0.488. The minimum atomic E-state index is -0.962. The molecule has 8 heteroatoms. The Morgan fingerprint density at radius 2 is 1.74 bits per heavy atom. The third-order valence-corrected chi connectivity index (χ3v) is 5.70. The third-order valence-electron chi connectivity index (χ3n) is 5.39. The molecule has 0 aromatic heterocycles. The van der Waals surface area contributed by atoms with Crippen molar-refractivity contribution in [2.24, 2.45) is 11.8 Å². The molecule has 3 rings (SSSR count). The number of rotatable bonds is 8. The van der Waals surface area contributed by atoms with Crippen LogP contribution in [0.3, 0.4) is 0 Å². The van der Waals surface area contributed by atoms with Crippen LogP contribution in [0.5, 0.6) is 0 Å². The minimum absolute atomic E-state index is 0.0387. The zero-order chi connectivity index (χ0) is 22.2. The van der Waals surface area contributed by atoms with Crippen LogP contribution in [0, 0.1) is 17.7 Å². The zero-order valence-electron chi connectivity index (χ0n) is 17.0. The molecule has 0 radical (unpaired) electrons. The van der Waals surface area contributed by atoms with Gasteiger partial charge in [-0.05, 0) is 61.3 Å². The number of aliphatic carboxylic acids is 1. The molecule has 1 aliphatic rings. The minimum Gasteiger partial charge on any atom is -0.480 e. The first-order chi connectivity index (χ1) is 14.9. The van der Waals surface area contributed by atoms with Gasteiger partial charge in [-0.3, -0.25) is 5.32 Å². The van der Waals surface area contributed by atoms with E-state index in [9.17, 15) is 14.0 Å². The van der Waals surface area contributed by atoms with Crippen LogP contribution in [-0.2, 0) is 14.3 Å². The Morgan fingerprint density at radius 3 is 2.42 bits per heavy atom. The smallest absolute Gasteiger partial charge is 0.411 e. The first kappa shape index (κ1) is 23.0. The lowest BCUT2D eigenvalue weighted by molar-refractivity contribution is -0.142. The first-order valence-corrected chi connectivity index (χ1v) is 10.6. The average Bonchev–Trinajstić information content (AvgIpc) is 2.75. The molecule has 0 bridgehead atoms. The van der Waals surface area contributed by atoms with Crippen molar-refractivity contribution in [3.8, 4) is 11.1 Å². The molecule has 0 saturated heterocycles. The van der Waals surface area contributed by atoms with Gasteiger partial charge in [0.2, 0.25) is 0 Å². The molecule has 2 N–H and O–H groups in total. The van der Waals surface area contributed by atoms with Crippen LogP contribution in [0.25, 0.3) is 11.1 Å². The highest BCUT2D eigenvalue weighted by Gasteiger charge is 2.23. The van der Waals surface area contributed by atoms with Crippen LogP contribution < -0.4 is 5.32 Å². The second-order valence-corrected chi connectivity index (χ2v) is 8.10. The lowest BCUT2D eigenvalue weighted by atomic mass is 9.83. The predicted octanol–water partition coefficient (Wildman–Crippen LogP) is 5.60. The molecule has 6 nitrogen and oxygen atoms in total. The molecule has 0 spiro atoms. The number of carbonyl (C=O) groups excluding carboxylic acids is 1. The van der Waals surface area contributed by atoms with Crippen LogP contribution in [-0.4, -0.2) is 37.0 Å². The number of ether oxygens (including phenoxy) is 2. The number of amides is 1. The number of anilines is 1. The lowest BCUT2D eigenvalue weighted by Crippen LogP contribution is -2.25. The Balaban J connectivity index is 1.48. The normalized spacial score (nSPS) is 18.4. The Kier molecular flexibility index (Phi) is 8.26. The number of hydrogen-bond acceptors (Lipinski definition) is 4. The van der Waals surface area contributed by atoms with Crippen molar-refractivity contribution in [2.75, 3.05) is 25.1 Å². The first-order valence-electron chi connectivity index (χ1n) is 10.2. The van der Waals surface area contributed by atoms with Crippen LogP contribution in [0.1, 0.15) is 25.7 Å². The van der Waals surface area contributed by atoms with Crippen LogP contribution in [0.15, 0.2) is 42.5 Å². The molecule has 0 aliphatic heterocycles. The van der Waals surface area contributed by atoms with Crippen LogP contribution in [0.4, 0.5) is 14.9 Å². The lowest BCUT2D eigenvalue weighted by Gasteiger charge is -2.27. The monoisotopic (exact) mass is 449 g/mol. The molecule has 0 heterocycles. The molecule has 2 aromatic rings. The summed E-state index contributed by atoms with van der Waals surface area (Å²) in [6, 6.07) is 11.6. The summed E-state index contributed by atoms with van der Waals surface area (Å²) in [5.74, 6) is -0.880. The van der Waals surface area contributed by atoms with Crippen LogP contribution in [0.2, 0.25) is 5.02 Å². The third kappa shape index (κ3) is 6.94. The average molecular weight is 450 g/mol. The topological polar surface area (TPSA) is 84.9 Å². The summed E-state index contributed by atoms with van der Waals surface area (Å²) in [6.07, 6.45) is 3.07. The Hall–Kier alpha value is -2.64. The van der Waals surface area contributed by atoms with E-state index in [1.165, 1.54) is 12.1 Å². The molecule has 1 saturated carbocycles. The number of nitrogens with one attached hydrogen (secondary N) is 1. The Morgan fingerprint density at radius 1 is 1.06 bits per heavy atom. The second-order valence-electron chi connectivity index (χ2n) is 7.69. The number of carboxylic acid groups (broad SMARTS) is 1. The van der Waals surface area contributed by atoms with E-state index in [0.29, 0.717) is 35.9 Å². The maximum atomic E-state index is 13.8. The van der Waals surface area contributed by atoms with Crippen molar-refractivity contribution in [2.45, 2.75) is 25.7 Å². The molecule has 166 valence electrons. The molecular formula is C23H25ClFNO5. The fraction of sp³-hybridized carbons (Fsp3) is 0.391. The molecular weight excluding hydrogens is 425 g/mol. The van der Waals surface area contributed by atoms with Gasteiger partial charge in [0.25, 0.3) is 0 Å². The van der Waals surface area contributed by atoms with Gasteiger partial charge in [0.15, 0.2) is 0 Å². The number of carbonyl (C=O) groups is 2. The van der Waals surface area contributed by atoms with E-state index < -0.39 is 17.9 Å². The van der Waals surface area contributed by atoms with E-state index in [1.54, 1.807) is 30.3 Å². The number of benzene rings is 2. The van der Waals surface area contributed by atoms with E-state index in [0.717, 1.165) is 25.7 Å². The summed E-state index contributed by atoms with van der Waals surface area (Å²) in [5, 5.41) is 11.4. The quantitative estimate of drug-likeness (QED) is 0.547. The van der Waals surface area contributed by atoms with Gasteiger partial charge in [0.1, 0.15) is 12.4 Å². The van der Waals surface area contributed by atoms with Gasteiger partial charge < -0.3 is 14.6 Å². The van der Waals surface area contributed by atoms with Gasteiger partial charge in [-0.25, -0.2) is 14.0 Å². The van der Waals surface area contributed by atoms with Crippen molar-refractivity contribution < 1.29 is 28.6 Å². The van der Waals surface area contributed by atoms with E-state index in [1.807, 2.05) is 0 Å². The number of para-hydroxylation sites is 1. The Bertz CT molecular complexity index is 915. The number of carboxylic acids is 1. The van der Waals surface area contributed by atoms with Crippen molar-refractivity contribution in [3.63, 3.8) is 0 Å². The van der Waals surface area contributed by atoms with Crippen molar-refractivity contribution in [3.05, 3.63) is 53.3 Å². The fourth-order valence-electron chi connectivity index (χ4n) is 3.72. The predicted molar refractivity (Wildman–Crippen MR) is 116 cm³/mol. The maximum Gasteiger partial charge on any atom is 0.411 e. The van der Waals surface area contributed by atoms with Crippen molar-refractivity contribution >= 4 is 29.4 Å². The summed E-state index contributed by atoms with van der Waals surface area (Å²) in [5.41, 5.74) is 1.78. The summed E-state index contributed by atoms with van der Waals surface area (Å²) in [4.78, 5) is 22.8. The van der Waals surface area contributed by atoms with Gasteiger partial charge in [0.05, 0.1) is 23.9 Å². The van der Waals surface area contributed by atoms with E-state index >= 15 is 0 Å². The number of halogens is 2. The standard InChI is InChI=1S/C23H25ClFNO5/c24-19-10-9-17(11-20(19)25)18-3-1-2-4-21(18)26-23(29)31-13-16-7-5-15(6-8-16)12-30-14-22(27)28/h1-4,9-11,15-16H,5-8,12-14H2,(H,26,29)(H,27,28)/t15-,16-. The molecule has 1 fully saturated rings. The highest BCUT2D eigenvalue weighted by atomic mass is 35.5. The van der Waals surface area contributed by atoms with Gasteiger partial charge in [-0.1, -0.05) is 35.9 Å². The summed E-state index contributed by atoms with van der Waals surface area (Å²) < 4.78 is 24.4. The van der Waals surface area contributed by atoms with Crippen molar-refractivity contribution in [1.29, 1.82) is 0 Å². The van der Waals surface area contributed by atoms with E-state index in [-0.39, 0.29) is 17.5 Å².